The smallest absolute Gasteiger partial charge is 0.325 e. The van der Waals surface area contributed by atoms with Gasteiger partial charge in [-0.05, 0) is 31.9 Å². The average molecular weight is 417 g/mol. The van der Waals surface area contributed by atoms with Crippen molar-refractivity contribution in [2.24, 2.45) is 0 Å². The molecule has 0 spiro atoms. The number of nitrogens with one attached hydrogen (secondary N) is 1. The van der Waals surface area contributed by atoms with Crippen molar-refractivity contribution < 1.29 is 14.4 Å². The second-order valence-corrected chi connectivity index (χ2v) is 8.67. The van der Waals surface area contributed by atoms with Gasteiger partial charge in [0.2, 0.25) is 5.91 Å². The zero-order valence-corrected chi connectivity index (χ0v) is 18.2. The maximum atomic E-state index is 13.0. The number of para-hydroxylation sites is 1. The predicted octanol–water partition coefficient (Wildman–Crippen LogP) is 3.71. The summed E-state index contributed by atoms with van der Waals surface area (Å²) in [6, 6.07) is 7.10. The topological polar surface area (TPSA) is 82.6 Å². The minimum atomic E-state index is -0.877. The Morgan fingerprint density at radius 2 is 1.90 bits per heavy atom. The minimum Gasteiger partial charge on any atom is -0.335 e. The third kappa shape index (κ3) is 3.99. The predicted molar refractivity (Wildman–Crippen MR) is 114 cm³/mol. The summed E-state index contributed by atoms with van der Waals surface area (Å²) in [7, 11) is 1.68. The molecule has 8 heteroatoms. The van der Waals surface area contributed by atoms with Crippen LogP contribution in [0.2, 0.25) is 0 Å². The number of amides is 4. The number of aromatic nitrogens is 1. The van der Waals surface area contributed by atoms with Crippen molar-refractivity contribution in [2.45, 2.75) is 58.0 Å². The molecule has 7 nitrogen and oxygen atoms in total. The number of benzene rings is 1. The number of rotatable bonds is 8. The highest BCUT2D eigenvalue weighted by Crippen LogP contribution is 2.30. The van der Waals surface area contributed by atoms with E-state index in [-0.39, 0.29) is 24.4 Å². The van der Waals surface area contributed by atoms with Crippen molar-refractivity contribution in [3.8, 4) is 0 Å². The van der Waals surface area contributed by atoms with Crippen molar-refractivity contribution in [1.29, 1.82) is 0 Å². The molecular weight excluding hydrogens is 388 g/mol. The molecular formula is C21H28N4O3S. The van der Waals surface area contributed by atoms with E-state index in [0.29, 0.717) is 12.8 Å². The first kappa shape index (κ1) is 21.2. The van der Waals surface area contributed by atoms with Crippen LogP contribution in [0.25, 0.3) is 10.2 Å². The number of urea groups is 1. The van der Waals surface area contributed by atoms with E-state index in [0.717, 1.165) is 33.0 Å². The third-order valence-electron chi connectivity index (χ3n) is 5.53. The van der Waals surface area contributed by atoms with E-state index in [1.807, 2.05) is 45.0 Å². The first-order valence-electron chi connectivity index (χ1n) is 10.1. The lowest BCUT2D eigenvalue weighted by molar-refractivity contribution is -0.139. The first-order chi connectivity index (χ1) is 13.8. The Kier molecular flexibility index (Phi) is 6.21. The van der Waals surface area contributed by atoms with Crippen LogP contribution in [0.3, 0.4) is 0 Å². The van der Waals surface area contributed by atoms with Crippen LogP contribution in [0.1, 0.15) is 57.5 Å². The largest absolute Gasteiger partial charge is 0.335 e. The Labute approximate surface area is 175 Å². The molecule has 0 aliphatic carbocycles. The SMILES string of the molecule is CCCC1(CCC)NC(=O)N(CC(=O)N(C)[C@H](C)c2nc3ccccc3s2)C1=O. The summed E-state index contributed by atoms with van der Waals surface area (Å²) in [6.07, 6.45) is 2.72. The van der Waals surface area contributed by atoms with E-state index in [1.165, 1.54) is 0 Å². The number of hydrogen-bond donors (Lipinski definition) is 1. The zero-order chi connectivity index (χ0) is 21.2. The molecule has 1 aromatic heterocycles. The van der Waals surface area contributed by atoms with Gasteiger partial charge in [-0.3, -0.25) is 14.5 Å². The summed E-state index contributed by atoms with van der Waals surface area (Å²) in [6.45, 7) is 5.61. The van der Waals surface area contributed by atoms with Gasteiger partial charge < -0.3 is 10.2 Å². The van der Waals surface area contributed by atoms with Crippen LogP contribution in [0.5, 0.6) is 0 Å². The molecule has 1 aliphatic rings. The Morgan fingerprint density at radius 1 is 1.24 bits per heavy atom. The van der Waals surface area contributed by atoms with Gasteiger partial charge in [0, 0.05) is 7.05 Å². The van der Waals surface area contributed by atoms with Crippen molar-refractivity contribution in [2.75, 3.05) is 13.6 Å². The fourth-order valence-corrected chi connectivity index (χ4v) is 4.90. The van der Waals surface area contributed by atoms with E-state index in [4.69, 9.17) is 0 Å². The lowest BCUT2D eigenvalue weighted by atomic mass is 9.88. The fourth-order valence-electron chi connectivity index (χ4n) is 3.83. The lowest BCUT2D eigenvalue weighted by Gasteiger charge is -2.27. The molecule has 1 aromatic carbocycles. The molecule has 0 unspecified atom stereocenters. The van der Waals surface area contributed by atoms with Gasteiger partial charge in [-0.1, -0.05) is 38.8 Å². The van der Waals surface area contributed by atoms with Gasteiger partial charge in [-0.15, -0.1) is 11.3 Å². The highest BCUT2D eigenvalue weighted by Gasteiger charge is 2.50. The van der Waals surface area contributed by atoms with E-state index in [2.05, 4.69) is 10.3 Å². The number of likely N-dealkylation sites (N-methyl/N-ethyl adjacent to an activating group) is 1. The molecule has 0 radical (unpaired) electrons. The molecule has 1 aliphatic heterocycles. The highest BCUT2D eigenvalue weighted by atomic mass is 32.1. The molecule has 4 amide bonds. The molecule has 29 heavy (non-hydrogen) atoms. The summed E-state index contributed by atoms with van der Waals surface area (Å²) < 4.78 is 1.06. The quantitative estimate of drug-likeness (QED) is 0.665. The van der Waals surface area contributed by atoms with E-state index in [9.17, 15) is 14.4 Å². The van der Waals surface area contributed by atoms with Gasteiger partial charge in [0.25, 0.3) is 5.91 Å². The van der Waals surface area contributed by atoms with Crippen molar-refractivity contribution >= 4 is 39.4 Å². The normalized spacial score (nSPS) is 16.9. The van der Waals surface area contributed by atoms with Gasteiger partial charge in [0.05, 0.1) is 16.3 Å². The number of carbonyl (C=O) groups excluding carboxylic acids is 3. The van der Waals surface area contributed by atoms with Crippen molar-refractivity contribution in [3.05, 3.63) is 29.3 Å². The molecule has 1 N–H and O–H groups in total. The molecule has 1 saturated heterocycles. The Hall–Kier alpha value is -2.48. The second kappa shape index (κ2) is 8.49. The number of fused-ring (bicyclic) bond motifs is 1. The summed E-state index contributed by atoms with van der Waals surface area (Å²) in [4.78, 5) is 45.6. The maximum Gasteiger partial charge on any atom is 0.325 e. The molecule has 2 aromatic rings. The standard InChI is InChI=1S/C21H28N4O3S/c1-5-11-21(12-6-2)19(27)25(20(28)23-21)13-17(26)24(4)14(3)18-22-15-9-7-8-10-16(15)29-18/h7-10,14H,5-6,11-13H2,1-4H3,(H,23,28)/t14-/m1/s1. The first-order valence-corrected chi connectivity index (χ1v) is 10.9. The van der Waals surface area contributed by atoms with Gasteiger partial charge in [0.1, 0.15) is 17.1 Å². The molecule has 1 atom stereocenters. The van der Waals surface area contributed by atoms with Crippen LogP contribution in [0.4, 0.5) is 4.79 Å². The molecule has 0 saturated carbocycles. The van der Waals surface area contributed by atoms with Crippen LogP contribution in [0.15, 0.2) is 24.3 Å². The van der Waals surface area contributed by atoms with Crippen LogP contribution in [0, 0.1) is 0 Å². The van der Waals surface area contributed by atoms with E-state index < -0.39 is 11.6 Å². The number of nitrogens with zero attached hydrogens (tertiary/aromatic N) is 3. The summed E-state index contributed by atoms with van der Waals surface area (Å²) >= 11 is 1.54. The molecule has 3 rings (SSSR count). The fraction of sp³-hybridized carbons (Fsp3) is 0.524. The average Bonchev–Trinajstić information content (AvgIpc) is 3.22. The Balaban J connectivity index is 1.73. The van der Waals surface area contributed by atoms with Crippen LogP contribution in [-0.2, 0) is 9.59 Å². The van der Waals surface area contributed by atoms with Crippen LogP contribution in [-0.4, -0.2) is 51.8 Å². The van der Waals surface area contributed by atoms with Gasteiger partial charge in [-0.2, -0.15) is 0 Å². The summed E-state index contributed by atoms with van der Waals surface area (Å²) in [5.41, 5.74) is 0.0242. The Bertz CT molecular complexity index is 887. The second-order valence-electron chi connectivity index (χ2n) is 7.60. The number of hydrogen-bond acceptors (Lipinski definition) is 5. The van der Waals surface area contributed by atoms with Crippen molar-refractivity contribution in [1.82, 2.24) is 20.1 Å². The number of imide groups is 1. The number of thiazole rings is 1. The minimum absolute atomic E-state index is 0.253. The summed E-state index contributed by atoms with van der Waals surface area (Å²) in [5.74, 6) is -0.579. The molecule has 2 heterocycles. The zero-order valence-electron chi connectivity index (χ0n) is 17.4. The van der Waals surface area contributed by atoms with Gasteiger partial charge >= 0.3 is 6.03 Å². The maximum absolute atomic E-state index is 13.0. The number of carbonyl (C=O) groups is 3. The van der Waals surface area contributed by atoms with Crippen LogP contribution < -0.4 is 5.32 Å². The van der Waals surface area contributed by atoms with Gasteiger partial charge in [0.15, 0.2) is 0 Å². The van der Waals surface area contributed by atoms with Gasteiger partial charge in [-0.25, -0.2) is 9.78 Å². The van der Waals surface area contributed by atoms with E-state index >= 15 is 0 Å². The monoisotopic (exact) mass is 416 g/mol. The van der Waals surface area contributed by atoms with E-state index in [1.54, 1.807) is 23.3 Å². The molecule has 0 bridgehead atoms. The highest BCUT2D eigenvalue weighted by molar-refractivity contribution is 7.18. The lowest BCUT2D eigenvalue weighted by Crippen LogP contribution is -2.47. The molecule has 156 valence electrons. The summed E-state index contributed by atoms with van der Waals surface area (Å²) in [5, 5.41) is 3.67. The molecule has 1 fully saturated rings. The van der Waals surface area contributed by atoms with Crippen LogP contribution >= 0.6 is 11.3 Å². The Morgan fingerprint density at radius 3 is 2.52 bits per heavy atom. The van der Waals surface area contributed by atoms with Crippen molar-refractivity contribution in [3.63, 3.8) is 0 Å². The third-order valence-corrected chi connectivity index (χ3v) is 6.74.